The van der Waals surface area contributed by atoms with E-state index in [1.54, 1.807) is 0 Å². The smallest absolute Gasteiger partial charge is 0.243 e. The van der Waals surface area contributed by atoms with Gasteiger partial charge >= 0.3 is 0 Å². The van der Waals surface area contributed by atoms with Crippen molar-refractivity contribution in [3.05, 3.63) is 28.2 Å². The first-order chi connectivity index (χ1) is 9.93. The molecule has 1 aliphatic rings. The van der Waals surface area contributed by atoms with Crippen molar-refractivity contribution < 1.29 is 13.5 Å². The van der Waals surface area contributed by atoms with Gasteiger partial charge in [0.1, 0.15) is 0 Å². The van der Waals surface area contributed by atoms with E-state index in [-0.39, 0.29) is 34.1 Å². The second kappa shape index (κ2) is 7.26. The molecule has 1 aromatic rings. The average molecular weight is 353 g/mol. The summed E-state index contributed by atoms with van der Waals surface area (Å²) in [6, 6.07) is 4.34. The molecule has 21 heavy (non-hydrogen) atoms. The second-order valence-electron chi connectivity index (χ2n) is 4.99. The first-order valence-corrected chi connectivity index (χ1v) is 8.93. The maximum atomic E-state index is 12.7. The lowest BCUT2D eigenvalue weighted by atomic mass is 10.2. The summed E-state index contributed by atoms with van der Waals surface area (Å²) in [5.74, 6) is 0. The van der Waals surface area contributed by atoms with Gasteiger partial charge in [-0.05, 0) is 37.6 Å². The maximum absolute atomic E-state index is 12.7. The highest BCUT2D eigenvalue weighted by Crippen LogP contribution is 2.25. The van der Waals surface area contributed by atoms with Crippen molar-refractivity contribution in [3.63, 3.8) is 0 Å². The molecule has 1 aromatic carbocycles. The summed E-state index contributed by atoms with van der Waals surface area (Å²) in [7, 11) is -3.73. The third kappa shape index (κ3) is 4.31. The quantitative estimate of drug-likeness (QED) is 0.817. The van der Waals surface area contributed by atoms with Crippen LogP contribution in [-0.4, -0.2) is 50.1 Å². The number of halogens is 2. The predicted octanol–water partition coefficient (Wildman–Crippen LogP) is 1.73. The topological polar surface area (TPSA) is 69.6 Å². The van der Waals surface area contributed by atoms with Crippen LogP contribution in [0, 0.1) is 0 Å². The molecule has 1 atom stereocenters. The molecule has 1 saturated heterocycles. The summed E-state index contributed by atoms with van der Waals surface area (Å²) in [4.78, 5) is 0.0476. The van der Waals surface area contributed by atoms with Crippen LogP contribution in [0.15, 0.2) is 23.1 Å². The highest BCUT2D eigenvalue weighted by atomic mass is 35.5. The third-order valence-electron chi connectivity index (χ3n) is 3.41. The minimum Gasteiger partial charge on any atom is -0.395 e. The van der Waals surface area contributed by atoms with E-state index in [2.05, 4.69) is 5.32 Å². The molecular weight excluding hydrogens is 335 g/mol. The minimum absolute atomic E-state index is 0.0463. The van der Waals surface area contributed by atoms with E-state index in [1.165, 1.54) is 22.5 Å². The zero-order chi connectivity index (χ0) is 15.5. The van der Waals surface area contributed by atoms with Crippen LogP contribution in [0.2, 0.25) is 10.0 Å². The molecule has 1 unspecified atom stereocenters. The molecule has 8 heteroatoms. The molecule has 0 amide bonds. The predicted molar refractivity (Wildman–Crippen MR) is 83.3 cm³/mol. The van der Waals surface area contributed by atoms with Crippen LogP contribution in [0.4, 0.5) is 0 Å². The van der Waals surface area contributed by atoms with E-state index < -0.39 is 10.0 Å². The molecule has 1 heterocycles. The minimum atomic E-state index is -3.73. The fraction of sp³-hybridized carbons (Fsp3) is 0.538. The van der Waals surface area contributed by atoms with Crippen LogP contribution in [0.3, 0.4) is 0 Å². The van der Waals surface area contributed by atoms with Crippen LogP contribution < -0.4 is 5.32 Å². The number of nitrogens with one attached hydrogen (secondary N) is 1. The fourth-order valence-electron chi connectivity index (χ4n) is 2.41. The first kappa shape index (κ1) is 17.0. The molecule has 1 aliphatic heterocycles. The van der Waals surface area contributed by atoms with E-state index in [0.29, 0.717) is 6.54 Å². The normalized spacial score (nSPS) is 19.3. The summed E-state index contributed by atoms with van der Waals surface area (Å²) in [5, 5.41) is 12.9. The fourth-order valence-corrected chi connectivity index (χ4v) is 4.61. The molecule has 5 nitrogen and oxygen atoms in total. The van der Waals surface area contributed by atoms with Crippen molar-refractivity contribution in [2.24, 2.45) is 0 Å². The number of hydrogen-bond donors (Lipinski definition) is 2. The third-order valence-corrected chi connectivity index (χ3v) is 5.69. The Morgan fingerprint density at radius 2 is 1.95 bits per heavy atom. The van der Waals surface area contributed by atoms with Crippen LogP contribution in [0.5, 0.6) is 0 Å². The van der Waals surface area contributed by atoms with Crippen molar-refractivity contribution in [1.29, 1.82) is 0 Å². The van der Waals surface area contributed by atoms with E-state index in [4.69, 9.17) is 28.3 Å². The zero-order valence-electron chi connectivity index (χ0n) is 11.4. The molecule has 0 spiro atoms. The number of rotatable bonds is 6. The van der Waals surface area contributed by atoms with Gasteiger partial charge in [0.25, 0.3) is 0 Å². The SMILES string of the molecule is O=S(=O)(c1cc(Cl)cc(Cl)c1)N(CCO)CC1CCCN1. The summed E-state index contributed by atoms with van der Waals surface area (Å²) >= 11 is 11.8. The number of aliphatic hydroxyl groups excluding tert-OH is 1. The molecule has 1 fully saturated rings. The standard InChI is InChI=1S/C13H18Cl2N2O3S/c14-10-6-11(15)8-13(7-10)21(19,20)17(4-5-18)9-12-2-1-3-16-12/h6-8,12,16,18H,1-5,9H2. The molecule has 0 saturated carbocycles. The van der Waals surface area contributed by atoms with E-state index in [9.17, 15) is 8.42 Å². The van der Waals surface area contributed by atoms with Crippen LogP contribution >= 0.6 is 23.2 Å². The molecule has 0 bridgehead atoms. The Balaban J connectivity index is 2.27. The van der Waals surface area contributed by atoms with E-state index >= 15 is 0 Å². The van der Waals surface area contributed by atoms with Crippen LogP contribution in [0.25, 0.3) is 0 Å². The highest BCUT2D eigenvalue weighted by molar-refractivity contribution is 7.89. The Labute approximate surface area is 134 Å². The number of nitrogens with zero attached hydrogens (tertiary/aromatic N) is 1. The largest absolute Gasteiger partial charge is 0.395 e. The lowest BCUT2D eigenvalue weighted by Crippen LogP contribution is -2.42. The summed E-state index contributed by atoms with van der Waals surface area (Å²) in [6.45, 7) is 1.03. The van der Waals surface area contributed by atoms with Crippen molar-refractivity contribution in [3.8, 4) is 0 Å². The summed E-state index contributed by atoms with van der Waals surface area (Å²) < 4.78 is 26.6. The molecule has 2 N–H and O–H groups in total. The van der Waals surface area contributed by atoms with E-state index in [1.807, 2.05) is 0 Å². The van der Waals surface area contributed by atoms with Gasteiger partial charge in [-0.2, -0.15) is 4.31 Å². The molecular formula is C13H18Cl2N2O3S. The van der Waals surface area contributed by atoms with Crippen molar-refractivity contribution >= 4 is 33.2 Å². The van der Waals surface area contributed by atoms with E-state index in [0.717, 1.165) is 19.4 Å². The van der Waals surface area contributed by atoms with Gasteiger partial charge in [-0.25, -0.2) is 8.42 Å². The van der Waals surface area contributed by atoms with Crippen molar-refractivity contribution in [1.82, 2.24) is 9.62 Å². The lowest BCUT2D eigenvalue weighted by Gasteiger charge is -2.24. The molecule has 0 aliphatic carbocycles. The molecule has 0 radical (unpaired) electrons. The Hall–Kier alpha value is -0.370. The second-order valence-corrected chi connectivity index (χ2v) is 7.80. The Morgan fingerprint density at radius 3 is 2.48 bits per heavy atom. The van der Waals surface area contributed by atoms with Crippen LogP contribution in [0.1, 0.15) is 12.8 Å². The molecule has 2 rings (SSSR count). The number of hydrogen-bond acceptors (Lipinski definition) is 4. The molecule has 118 valence electrons. The summed E-state index contributed by atoms with van der Waals surface area (Å²) in [5.41, 5.74) is 0. The highest BCUT2D eigenvalue weighted by Gasteiger charge is 2.28. The zero-order valence-corrected chi connectivity index (χ0v) is 13.8. The van der Waals surface area contributed by atoms with Gasteiger partial charge in [-0.15, -0.1) is 0 Å². The Bertz CT molecular complexity index is 569. The van der Waals surface area contributed by atoms with Gasteiger partial charge in [-0.1, -0.05) is 23.2 Å². The number of sulfonamides is 1. The van der Waals surface area contributed by atoms with Crippen molar-refractivity contribution in [2.45, 2.75) is 23.8 Å². The number of aliphatic hydroxyl groups is 1. The molecule has 0 aromatic heterocycles. The monoisotopic (exact) mass is 352 g/mol. The van der Waals surface area contributed by atoms with Gasteiger partial charge in [0, 0.05) is 29.2 Å². The van der Waals surface area contributed by atoms with Gasteiger partial charge in [0.05, 0.1) is 11.5 Å². The van der Waals surface area contributed by atoms with Gasteiger partial charge in [-0.3, -0.25) is 0 Å². The lowest BCUT2D eigenvalue weighted by molar-refractivity contribution is 0.246. The summed E-state index contributed by atoms with van der Waals surface area (Å²) in [6.07, 6.45) is 1.95. The van der Waals surface area contributed by atoms with Crippen LogP contribution in [-0.2, 0) is 10.0 Å². The van der Waals surface area contributed by atoms with Gasteiger partial charge in [0.2, 0.25) is 10.0 Å². The van der Waals surface area contributed by atoms with Gasteiger partial charge in [0.15, 0.2) is 0 Å². The Morgan fingerprint density at radius 1 is 1.29 bits per heavy atom. The Kier molecular flexibility index (Phi) is 5.88. The average Bonchev–Trinajstić information content (AvgIpc) is 2.90. The first-order valence-electron chi connectivity index (χ1n) is 6.74. The van der Waals surface area contributed by atoms with Crippen molar-refractivity contribution in [2.75, 3.05) is 26.2 Å². The van der Waals surface area contributed by atoms with Gasteiger partial charge < -0.3 is 10.4 Å². The maximum Gasteiger partial charge on any atom is 0.243 e. The number of benzene rings is 1.